The molecule has 21 heavy (non-hydrogen) atoms. The van der Waals surface area contributed by atoms with Crippen LogP contribution in [0.25, 0.3) is 0 Å². The molecular weight excluding hydrogens is 341 g/mol. The predicted molar refractivity (Wildman–Crippen MR) is 83.0 cm³/mol. The number of hydrogen-bond acceptors (Lipinski definition) is 3. The van der Waals surface area contributed by atoms with Gasteiger partial charge >= 0.3 is 6.03 Å². The van der Waals surface area contributed by atoms with Crippen LogP contribution in [-0.4, -0.2) is 49.8 Å². The molecule has 1 aromatic carbocycles. The summed E-state index contributed by atoms with van der Waals surface area (Å²) in [6.45, 7) is 5.85. The maximum Gasteiger partial charge on any atom is 0.319 e. The zero-order chi connectivity index (χ0) is 15.2. The van der Waals surface area contributed by atoms with Crippen molar-refractivity contribution in [3.8, 4) is 0 Å². The van der Waals surface area contributed by atoms with Gasteiger partial charge in [0.05, 0.1) is 18.9 Å². The van der Waals surface area contributed by atoms with Crippen LogP contribution in [0, 0.1) is 5.82 Å². The highest BCUT2D eigenvalue weighted by molar-refractivity contribution is 9.10. The number of amides is 2. The Labute approximate surface area is 132 Å². The van der Waals surface area contributed by atoms with Crippen molar-refractivity contribution < 1.29 is 13.9 Å². The molecule has 1 fully saturated rings. The van der Waals surface area contributed by atoms with Crippen LogP contribution in [0.5, 0.6) is 0 Å². The third-order valence-electron chi connectivity index (χ3n) is 3.41. The molecule has 1 aromatic rings. The summed E-state index contributed by atoms with van der Waals surface area (Å²) in [5, 5.41) is 5.51. The van der Waals surface area contributed by atoms with Gasteiger partial charge < -0.3 is 15.4 Å². The lowest BCUT2D eigenvalue weighted by atomic mass is 10.2. The van der Waals surface area contributed by atoms with Crippen LogP contribution >= 0.6 is 15.9 Å². The fraction of sp³-hybridized carbons (Fsp3) is 0.500. The van der Waals surface area contributed by atoms with Gasteiger partial charge in [0.1, 0.15) is 5.82 Å². The third-order valence-corrected chi connectivity index (χ3v) is 4.06. The maximum atomic E-state index is 13.0. The van der Waals surface area contributed by atoms with Crippen molar-refractivity contribution in [2.24, 2.45) is 0 Å². The summed E-state index contributed by atoms with van der Waals surface area (Å²) in [6.07, 6.45) is 0. The molecule has 0 aliphatic carbocycles. The van der Waals surface area contributed by atoms with E-state index in [0.717, 1.165) is 26.3 Å². The lowest BCUT2D eigenvalue weighted by Gasteiger charge is -2.32. The van der Waals surface area contributed by atoms with Gasteiger partial charge in [-0.25, -0.2) is 9.18 Å². The normalized spacial score (nSPS) is 17.3. The lowest BCUT2D eigenvalue weighted by Crippen LogP contribution is -2.47. The number of benzene rings is 1. The molecule has 2 amide bonds. The first-order valence-corrected chi connectivity index (χ1v) is 7.67. The average Bonchev–Trinajstić information content (AvgIpc) is 2.48. The molecule has 2 rings (SSSR count). The zero-order valence-corrected chi connectivity index (χ0v) is 13.5. The Bertz CT molecular complexity index is 495. The number of urea groups is 1. The topological polar surface area (TPSA) is 53.6 Å². The number of carbonyl (C=O) groups is 1. The van der Waals surface area contributed by atoms with E-state index in [1.807, 2.05) is 0 Å². The Balaban J connectivity index is 1.78. The monoisotopic (exact) mass is 359 g/mol. The van der Waals surface area contributed by atoms with Crippen molar-refractivity contribution in [1.29, 1.82) is 0 Å². The van der Waals surface area contributed by atoms with Crippen LogP contribution in [0.4, 0.5) is 14.9 Å². The van der Waals surface area contributed by atoms with Crippen molar-refractivity contribution in [2.75, 3.05) is 38.2 Å². The van der Waals surface area contributed by atoms with Gasteiger partial charge in [0.25, 0.3) is 0 Å². The molecule has 0 spiro atoms. The molecule has 116 valence electrons. The summed E-state index contributed by atoms with van der Waals surface area (Å²) in [5.74, 6) is -0.353. The highest BCUT2D eigenvalue weighted by Gasteiger charge is 2.17. The average molecular weight is 360 g/mol. The van der Waals surface area contributed by atoms with Gasteiger partial charge in [0, 0.05) is 30.1 Å². The van der Waals surface area contributed by atoms with Crippen LogP contribution < -0.4 is 10.6 Å². The Morgan fingerprint density at radius 3 is 2.86 bits per heavy atom. The van der Waals surface area contributed by atoms with Gasteiger partial charge in [-0.05, 0) is 41.1 Å². The van der Waals surface area contributed by atoms with Gasteiger partial charge in [-0.15, -0.1) is 0 Å². The summed E-state index contributed by atoms with van der Waals surface area (Å²) in [4.78, 5) is 14.1. The van der Waals surface area contributed by atoms with Gasteiger partial charge in [-0.1, -0.05) is 0 Å². The van der Waals surface area contributed by atoms with Crippen LogP contribution in [0.1, 0.15) is 6.92 Å². The number of nitrogens with zero attached hydrogens (tertiary/aromatic N) is 1. The number of morpholine rings is 1. The highest BCUT2D eigenvalue weighted by Crippen LogP contribution is 2.22. The summed E-state index contributed by atoms with van der Waals surface area (Å²) in [6, 6.07) is 4.08. The molecule has 1 aliphatic heterocycles. The fourth-order valence-electron chi connectivity index (χ4n) is 2.15. The van der Waals surface area contributed by atoms with Gasteiger partial charge in [0.2, 0.25) is 0 Å². The Kier molecular flexibility index (Phi) is 5.96. The molecule has 0 bridgehead atoms. The summed E-state index contributed by atoms with van der Waals surface area (Å²) < 4.78 is 18.8. The molecule has 1 atom stereocenters. The van der Waals surface area contributed by atoms with Crippen LogP contribution in [0.15, 0.2) is 22.7 Å². The van der Waals surface area contributed by atoms with Crippen molar-refractivity contribution in [3.05, 3.63) is 28.5 Å². The number of halogens is 2. The van der Waals surface area contributed by atoms with Crippen molar-refractivity contribution in [3.63, 3.8) is 0 Å². The standard InChI is InChI=1S/C14H19BrFN3O2/c1-10(19-4-6-21-7-5-19)9-17-14(20)18-13-3-2-11(16)8-12(13)15/h2-3,8,10H,4-7,9H2,1H3,(H2,17,18,20)/t10-/m1/s1. The van der Waals surface area contributed by atoms with Crippen LogP contribution in [0.2, 0.25) is 0 Å². The number of carbonyl (C=O) groups excluding carboxylic acids is 1. The molecule has 0 radical (unpaired) electrons. The smallest absolute Gasteiger partial charge is 0.319 e. The molecule has 1 aliphatic rings. The SMILES string of the molecule is C[C@H](CNC(=O)Nc1ccc(F)cc1Br)N1CCOCC1. The largest absolute Gasteiger partial charge is 0.379 e. The predicted octanol–water partition coefficient (Wildman–Crippen LogP) is 2.43. The Morgan fingerprint density at radius 1 is 1.48 bits per heavy atom. The first kappa shape index (κ1) is 16.2. The van der Waals surface area contributed by atoms with E-state index in [2.05, 4.69) is 38.4 Å². The first-order chi connectivity index (χ1) is 10.1. The van der Waals surface area contributed by atoms with E-state index >= 15 is 0 Å². The second-order valence-electron chi connectivity index (χ2n) is 4.96. The number of ether oxygens (including phenoxy) is 1. The van der Waals surface area contributed by atoms with Crippen LogP contribution in [-0.2, 0) is 4.74 Å². The molecule has 5 nitrogen and oxygen atoms in total. The van der Waals surface area contributed by atoms with E-state index in [-0.39, 0.29) is 17.9 Å². The lowest BCUT2D eigenvalue weighted by molar-refractivity contribution is 0.0209. The van der Waals surface area contributed by atoms with E-state index in [0.29, 0.717) is 16.7 Å². The minimum Gasteiger partial charge on any atom is -0.379 e. The Hall–Kier alpha value is -1.18. The zero-order valence-electron chi connectivity index (χ0n) is 11.9. The minimum atomic E-state index is -0.353. The quantitative estimate of drug-likeness (QED) is 0.867. The minimum absolute atomic E-state index is 0.247. The van der Waals surface area contributed by atoms with Crippen molar-refractivity contribution in [2.45, 2.75) is 13.0 Å². The Morgan fingerprint density at radius 2 is 2.19 bits per heavy atom. The molecule has 0 aromatic heterocycles. The highest BCUT2D eigenvalue weighted by atomic mass is 79.9. The fourth-order valence-corrected chi connectivity index (χ4v) is 2.60. The summed E-state index contributed by atoms with van der Waals surface area (Å²) >= 11 is 3.21. The number of nitrogens with one attached hydrogen (secondary N) is 2. The van der Waals surface area contributed by atoms with Gasteiger partial charge in [-0.3, -0.25) is 4.90 Å². The molecule has 0 saturated carbocycles. The number of hydrogen-bond donors (Lipinski definition) is 2. The molecule has 2 N–H and O–H groups in total. The van der Waals surface area contributed by atoms with Crippen LogP contribution in [0.3, 0.4) is 0 Å². The summed E-state index contributed by atoms with van der Waals surface area (Å²) in [5.41, 5.74) is 0.535. The van der Waals surface area contributed by atoms with Crippen molar-refractivity contribution >= 4 is 27.6 Å². The third kappa shape index (κ3) is 4.94. The number of anilines is 1. The molecule has 1 saturated heterocycles. The van der Waals surface area contributed by atoms with Gasteiger partial charge in [0.15, 0.2) is 0 Å². The molecule has 1 heterocycles. The van der Waals surface area contributed by atoms with E-state index in [4.69, 9.17) is 4.74 Å². The second-order valence-corrected chi connectivity index (χ2v) is 5.81. The number of rotatable bonds is 4. The van der Waals surface area contributed by atoms with Crippen molar-refractivity contribution in [1.82, 2.24) is 10.2 Å². The van der Waals surface area contributed by atoms with E-state index in [9.17, 15) is 9.18 Å². The summed E-state index contributed by atoms with van der Waals surface area (Å²) in [7, 11) is 0. The second kappa shape index (κ2) is 7.72. The first-order valence-electron chi connectivity index (χ1n) is 6.88. The molecule has 7 heteroatoms. The van der Waals surface area contributed by atoms with E-state index < -0.39 is 0 Å². The van der Waals surface area contributed by atoms with E-state index in [1.54, 1.807) is 0 Å². The van der Waals surface area contributed by atoms with Gasteiger partial charge in [-0.2, -0.15) is 0 Å². The van der Waals surface area contributed by atoms with E-state index in [1.165, 1.54) is 18.2 Å². The maximum absolute atomic E-state index is 13.0. The molecular formula is C14H19BrFN3O2. The molecule has 0 unspecified atom stereocenters.